The topological polar surface area (TPSA) is 47.4 Å². The summed E-state index contributed by atoms with van der Waals surface area (Å²) in [5.41, 5.74) is 4.55. The van der Waals surface area contributed by atoms with Crippen molar-refractivity contribution >= 4 is 17.7 Å². The molecular weight excluding hydrogens is 394 g/mol. The van der Waals surface area contributed by atoms with Crippen LogP contribution >= 0.6 is 11.8 Å². The van der Waals surface area contributed by atoms with Crippen LogP contribution in [0.1, 0.15) is 24.0 Å². The van der Waals surface area contributed by atoms with Gasteiger partial charge >= 0.3 is 0 Å². The van der Waals surface area contributed by atoms with Gasteiger partial charge in [-0.2, -0.15) is 0 Å². The molecule has 0 saturated heterocycles. The molecule has 4 rings (SSSR count). The first-order valence-corrected chi connectivity index (χ1v) is 11.2. The van der Waals surface area contributed by atoms with Crippen molar-refractivity contribution in [1.29, 1.82) is 0 Å². The number of imidazole rings is 1. The summed E-state index contributed by atoms with van der Waals surface area (Å²) >= 11 is 1.50. The van der Waals surface area contributed by atoms with Crippen LogP contribution in [0.2, 0.25) is 0 Å². The van der Waals surface area contributed by atoms with Crippen LogP contribution in [0.15, 0.2) is 59.9 Å². The van der Waals surface area contributed by atoms with E-state index in [0.29, 0.717) is 18.3 Å². The number of hydrogen-bond acceptors (Lipinski definition) is 4. The van der Waals surface area contributed by atoms with Gasteiger partial charge in [-0.1, -0.05) is 53.7 Å². The van der Waals surface area contributed by atoms with Crippen LogP contribution in [0.5, 0.6) is 5.75 Å². The molecule has 0 N–H and O–H groups in total. The fourth-order valence-electron chi connectivity index (χ4n) is 3.46. The van der Waals surface area contributed by atoms with Gasteiger partial charge in [0, 0.05) is 19.6 Å². The van der Waals surface area contributed by atoms with Gasteiger partial charge in [-0.3, -0.25) is 4.79 Å². The van der Waals surface area contributed by atoms with Crippen LogP contribution < -0.4 is 4.74 Å². The summed E-state index contributed by atoms with van der Waals surface area (Å²) in [6.45, 7) is 2.72. The first-order valence-electron chi connectivity index (χ1n) is 10.2. The van der Waals surface area contributed by atoms with E-state index in [0.717, 1.165) is 40.6 Å². The number of benzene rings is 2. The number of carbonyl (C=O) groups excluding carboxylic acids is 1. The van der Waals surface area contributed by atoms with Crippen molar-refractivity contribution < 1.29 is 9.53 Å². The van der Waals surface area contributed by atoms with Gasteiger partial charge < -0.3 is 14.2 Å². The van der Waals surface area contributed by atoms with E-state index in [-0.39, 0.29) is 5.91 Å². The first-order chi connectivity index (χ1) is 14.5. The zero-order valence-electron chi connectivity index (χ0n) is 17.7. The third-order valence-electron chi connectivity index (χ3n) is 5.44. The molecular formula is C24H27N3O2S. The summed E-state index contributed by atoms with van der Waals surface area (Å²) in [4.78, 5) is 19.6. The smallest absolute Gasteiger partial charge is 0.233 e. The quantitative estimate of drug-likeness (QED) is 0.495. The minimum Gasteiger partial charge on any atom is -0.497 e. The lowest BCUT2D eigenvalue weighted by atomic mass is 10.1. The first kappa shape index (κ1) is 20.5. The van der Waals surface area contributed by atoms with E-state index < -0.39 is 0 Å². The minimum absolute atomic E-state index is 0.165. The Morgan fingerprint density at radius 1 is 1.17 bits per heavy atom. The average Bonchev–Trinajstić information content (AvgIpc) is 3.54. The largest absolute Gasteiger partial charge is 0.497 e. The Labute approximate surface area is 182 Å². The molecule has 1 saturated carbocycles. The zero-order chi connectivity index (χ0) is 21.1. The fourth-order valence-corrected chi connectivity index (χ4v) is 4.30. The van der Waals surface area contributed by atoms with Crippen molar-refractivity contribution in [2.45, 2.75) is 37.5 Å². The van der Waals surface area contributed by atoms with E-state index >= 15 is 0 Å². The SMILES string of the molecule is COc1ccc(CN(C(=O)CSc2ncc(-c3ccc(C)cc3)n2C)C2CC2)cc1. The standard InChI is InChI=1S/C24H27N3O2S/c1-17-4-8-19(9-5-17)22-14-25-24(26(22)2)30-16-23(28)27(20-10-11-20)15-18-6-12-21(29-3)13-7-18/h4-9,12-14,20H,10-11,15-16H2,1-3H3. The molecule has 0 radical (unpaired) electrons. The predicted molar refractivity (Wildman–Crippen MR) is 121 cm³/mol. The van der Waals surface area contributed by atoms with E-state index in [4.69, 9.17) is 4.74 Å². The summed E-state index contributed by atoms with van der Waals surface area (Å²) in [7, 11) is 3.67. The van der Waals surface area contributed by atoms with Crippen LogP contribution in [0.25, 0.3) is 11.3 Å². The van der Waals surface area contributed by atoms with Crippen LogP contribution in [0.4, 0.5) is 0 Å². The second kappa shape index (κ2) is 8.96. The number of aryl methyl sites for hydroxylation is 1. The number of amides is 1. The van der Waals surface area contributed by atoms with Crippen molar-refractivity contribution in [1.82, 2.24) is 14.5 Å². The molecule has 5 nitrogen and oxygen atoms in total. The van der Waals surface area contributed by atoms with Crippen molar-refractivity contribution in [2.75, 3.05) is 12.9 Å². The zero-order valence-corrected chi connectivity index (χ0v) is 18.5. The molecule has 0 spiro atoms. The molecule has 1 amide bonds. The molecule has 1 aromatic heterocycles. The third-order valence-corrected chi connectivity index (χ3v) is 6.47. The summed E-state index contributed by atoms with van der Waals surface area (Å²) in [6.07, 6.45) is 4.06. The molecule has 1 fully saturated rings. The van der Waals surface area contributed by atoms with Crippen LogP contribution in [-0.4, -0.2) is 39.3 Å². The van der Waals surface area contributed by atoms with E-state index in [2.05, 4.69) is 40.7 Å². The lowest BCUT2D eigenvalue weighted by Crippen LogP contribution is -2.34. The lowest BCUT2D eigenvalue weighted by Gasteiger charge is -2.22. The Hall–Kier alpha value is -2.73. The van der Waals surface area contributed by atoms with Gasteiger partial charge in [0.15, 0.2) is 5.16 Å². The molecule has 3 aromatic rings. The Balaban J connectivity index is 1.40. The second-order valence-electron chi connectivity index (χ2n) is 7.74. The molecule has 0 aliphatic heterocycles. The molecule has 0 atom stereocenters. The Morgan fingerprint density at radius 3 is 2.50 bits per heavy atom. The third kappa shape index (κ3) is 4.70. The highest BCUT2D eigenvalue weighted by Gasteiger charge is 2.32. The van der Waals surface area contributed by atoms with E-state index in [1.807, 2.05) is 42.4 Å². The number of thioether (sulfide) groups is 1. The number of hydrogen-bond donors (Lipinski definition) is 0. The van der Waals surface area contributed by atoms with E-state index in [1.165, 1.54) is 17.3 Å². The summed E-state index contributed by atoms with van der Waals surface area (Å²) in [5, 5.41) is 0.860. The van der Waals surface area contributed by atoms with Gasteiger partial charge in [0.1, 0.15) is 5.75 Å². The van der Waals surface area contributed by atoms with Crippen molar-refractivity contribution in [2.24, 2.45) is 7.05 Å². The molecule has 1 aliphatic carbocycles. The Bertz CT molecular complexity index is 1010. The molecule has 2 aromatic carbocycles. The Kier molecular flexibility index (Phi) is 6.13. The highest BCUT2D eigenvalue weighted by atomic mass is 32.2. The maximum Gasteiger partial charge on any atom is 0.233 e. The van der Waals surface area contributed by atoms with Gasteiger partial charge in [0.2, 0.25) is 5.91 Å². The van der Waals surface area contributed by atoms with Gasteiger partial charge in [-0.25, -0.2) is 4.98 Å². The van der Waals surface area contributed by atoms with Gasteiger partial charge in [-0.15, -0.1) is 0 Å². The van der Waals surface area contributed by atoms with Crippen LogP contribution in [-0.2, 0) is 18.4 Å². The molecule has 1 aliphatic rings. The number of ether oxygens (including phenoxy) is 1. The highest BCUT2D eigenvalue weighted by molar-refractivity contribution is 7.99. The number of rotatable bonds is 8. The molecule has 6 heteroatoms. The average molecular weight is 422 g/mol. The highest BCUT2D eigenvalue weighted by Crippen LogP contribution is 2.31. The number of aromatic nitrogens is 2. The van der Waals surface area contributed by atoms with Crippen molar-refractivity contribution in [3.05, 3.63) is 65.9 Å². The summed E-state index contributed by atoms with van der Waals surface area (Å²) in [5.74, 6) is 1.39. The summed E-state index contributed by atoms with van der Waals surface area (Å²) in [6, 6.07) is 16.7. The maximum atomic E-state index is 13.0. The Morgan fingerprint density at radius 2 is 1.87 bits per heavy atom. The molecule has 156 valence electrons. The monoisotopic (exact) mass is 421 g/mol. The number of methoxy groups -OCH3 is 1. The maximum absolute atomic E-state index is 13.0. The van der Waals surface area contributed by atoms with E-state index in [1.54, 1.807) is 7.11 Å². The molecule has 30 heavy (non-hydrogen) atoms. The van der Waals surface area contributed by atoms with E-state index in [9.17, 15) is 4.79 Å². The number of nitrogens with zero attached hydrogens (tertiary/aromatic N) is 3. The molecule has 0 bridgehead atoms. The molecule has 1 heterocycles. The van der Waals surface area contributed by atoms with Crippen molar-refractivity contribution in [3.63, 3.8) is 0 Å². The normalized spacial score (nSPS) is 13.3. The van der Waals surface area contributed by atoms with Gasteiger partial charge in [0.25, 0.3) is 0 Å². The second-order valence-corrected chi connectivity index (χ2v) is 8.68. The number of carbonyl (C=O) groups is 1. The predicted octanol–water partition coefficient (Wildman–Crippen LogP) is 4.69. The van der Waals surface area contributed by atoms with Gasteiger partial charge in [0.05, 0.1) is 24.8 Å². The fraction of sp³-hybridized carbons (Fsp3) is 0.333. The summed E-state index contributed by atoms with van der Waals surface area (Å²) < 4.78 is 7.29. The van der Waals surface area contributed by atoms with Crippen LogP contribution in [0.3, 0.4) is 0 Å². The minimum atomic E-state index is 0.165. The lowest BCUT2D eigenvalue weighted by molar-refractivity contribution is -0.129. The van der Waals surface area contributed by atoms with Gasteiger partial charge in [-0.05, 0) is 43.0 Å². The van der Waals surface area contributed by atoms with Crippen molar-refractivity contribution in [3.8, 4) is 17.0 Å². The molecule has 0 unspecified atom stereocenters. The van der Waals surface area contributed by atoms with Crippen LogP contribution in [0, 0.1) is 6.92 Å².